The molecule has 0 spiro atoms. The highest BCUT2D eigenvalue weighted by atomic mass is 16.5. The zero-order valence-corrected chi connectivity index (χ0v) is 20.2. The van der Waals surface area contributed by atoms with Crippen molar-refractivity contribution in [2.24, 2.45) is 7.05 Å². The molecule has 0 fully saturated rings. The Kier molecular flexibility index (Phi) is 7.31. The summed E-state index contributed by atoms with van der Waals surface area (Å²) in [7, 11) is 1.83. The van der Waals surface area contributed by atoms with E-state index in [4.69, 9.17) is 16.3 Å². The van der Waals surface area contributed by atoms with Crippen LogP contribution in [0.4, 0.5) is 16.4 Å². The first kappa shape index (κ1) is 25.2. The number of benzene rings is 2. The molecule has 0 saturated carbocycles. The normalized spacial score (nSPS) is 12.4. The predicted octanol–water partition coefficient (Wildman–Crippen LogP) is 2.91. The maximum atomic E-state index is 11.3. The number of rotatable bonds is 10. The quantitative estimate of drug-likeness (QED) is 0.112. The van der Waals surface area contributed by atoms with Gasteiger partial charge in [-0.15, -0.1) is 6.42 Å². The van der Waals surface area contributed by atoms with Crippen molar-refractivity contribution < 1.29 is 19.4 Å². The molecule has 2 aromatic heterocycles. The standard InChI is InChI=1S/C26H25N7O4/c1-4-17-5-6-23-19(9-17)13-27-24(31-23)30-21-10-18(20-14-29-33(3)15-20)11-22(12-21)37-8-7-28-26(2,16-34)32-25(35)36/h1,5-6,9-16,28,32H,7-8H2,2-3H3,(H,35,36)(H,27,30,31). The van der Waals surface area contributed by atoms with Crippen LogP contribution in [0.1, 0.15) is 12.5 Å². The lowest BCUT2D eigenvalue weighted by Crippen LogP contribution is -2.58. The molecule has 11 nitrogen and oxygen atoms in total. The third-order valence-electron chi connectivity index (χ3n) is 5.41. The summed E-state index contributed by atoms with van der Waals surface area (Å²) in [4.78, 5) is 31.2. The second-order valence-corrected chi connectivity index (χ2v) is 8.41. The number of amides is 1. The van der Waals surface area contributed by atoms with Crippen LogP contribution >= 0.6 is 0 Å². The third kappa shape index (κ3) is 6.39. The second-order valence-electron chi connectivity index (χ2n) is 8.41. The molecule has 188 valence electrons. The van der Waals surface area contributed by atoms with Gasteiger partial charge in [-0.05, 0) is 42.8 Å². The second kappa shape index (κ2) is 10.8. The first-order valence-corrected chi connectivity index (χ1v) is 11.3. The van der Waals surface area contributed by atoms with Gasteiger partial charge >= 0.3 is 6.09 Å². The van der Waals surface area contributed by atoms with E-state index in [2.05, 4.69) is 36.9 Å². The van der Waals surface area contributed by atoms with Crippen LogP contribution in [0, 0.1) is 12.3 Å². The number of carbonyl (C=O) groups excluding carboxylic acids is 1. The van der Waals surface area contributed by atoms with Crippen LogP contribution in [0.5, 0.6) is 5.75 Å². The average Bonchev–Trinajstić information content (AvgIpc) is 3.32. The van der Waals surface area contributed by atoms with Crippen molar-refractivity contribution in [3.8, 4) is 29.2 Å². The molecule has 0 radical (unpaired) electrons. The minimum atomic E-state index is -1.42. The van der Waals surface area contributed by atoms with E-state index in [9.17, 15) is 9.59 Å². The molecule has 4 N–H and O–H groups in total. The van der Waals surface area contributed by atoms with Crippen molar-refractivity contribution >= 4 is 34.9 Å². The highest BCUT2D eigenvalue weighted by molar-refractivity contribution is 5.81. The maximum Gasteiger partial charge on any atom is 0.406 e. The molecule has 4 aromatic rings. The van der Waals surface area contributed by atoms with Gasteiger partial charge in [0.25, 0.3) is 0 Å². The van der Waals surface area contributed by atoms with Crippen molar-refractivity contribution in [1.82, 2.24) is 30.4 Å². The van der Waals surface area contributed by atoms with Gasteiger partial charge in [-0.25, -0.2) is 14.8 Å². The molecule has 0 bridgehead atoms. The van der Waals surface area contributed by atoms with Gasteiger partial charge in [-0.3, -0.25) is 20.1 Å². The molecular formula is C26H25N7O4. The summed E-state index contributed by atoms with van der Waals surface area (Å²) in [6.07, 6.45) is 9.98. The Hall–Kier alpha value is -4.95. The smallest absolute Gasteiger partial charge is 0.406 e. The molecule has 1 atom stereocenters. The lowest BCUT2D eigenvalue weighted by Gasteiger charge is -2.24. The Labute approximate surface area is 212 Å². The molecule has 2 aromatic carbocycles. The first-order chi connectivity index (χ1) is 17.8. The summed E-state index contributed by atoms with van der Waals surface area (Å²) in [6, 6.07) is 11.1. The number of hydrogen-bond donors (Lipinski definition) is 4. The van der Waals surface area contributed by atoms with Crippen LogP contribution in [0.2, 0.25) is 0 Å². The fourth-order valence-electron chi connectivity index (χ4n) is 3.62. The monoisotopic (exact) mass is 499 g/mol. The number of aldehydes is 1. The molecule has 11 heteroatoms. The molecule has 4 rings (SSSR count). The fourth-order valence-corrected chi connectivity index (χ4v) is 3.62. The van der Waals surface area contributed by atoms with Crippen molar-refractivity contribution in [2.75, 3.05) is 18.5 Å². The molecule has 0 aliphatic heterocycles. The maximum absolute atomic E-state index is 11.3. The SMILES string of the molecule is C#Cc1ccc2nc(Nc3cc(OCCNC(C)(C=O)NC(=O)O)cc(-c4cnn(C)c4)c3)ncc2c1. The lowest BCUT2D eigenvalue weighted by molar-refractivity contribution is -0.113. The summed E-state index contributed by atoms with van der Waals surface area (Å²) >= 11 is 0. The summed E-state index contributed by atoms with van der Waals surface area (Å²) in [6.45, 7) is 1.81. The average molecular weight is 500 g/mol. The van der Waals surface area contributed by atoms with Crippen LogP contribution in [0.25, 0.3) is 22.0 Å². The summed E-state index contributed by atoms with van der Waals surface area (Å²) in [5.74, 6) is 3.55. The number of anilines is 2. The van der Waals surface area contributed by atoms with E-state index in [0.717, 1.165) is 27.6 Å². The van der Waals surface area contributed by atoms with E-state index < -0.39 is 11.8 Å². The number of fused-ring (bicyclic) bond motifs is 1. The Morgan fingerprint density at radius 2 is 2.08 bits per heavy atom. The number of hydrogen-bond acceptors (Lipinski definition) is 8. The number of carboxylic acid groups (broad SMARTS) is 1. The molecule has 2 heterocycles. The van der Waals surface area contributed by atoms with Crippen LogP contribution in [0.15, 0.2) is 55.0 Å². The third-order valence-corrected chi connectivity index (χ3v) is 5.41. The van der Waals surface area contributed by atoms with Crippen LogP contribution in [-0.4, -0.2) is 56.0 Å². The molecule has 1 amide bonds. The molecule has 0 aliphatic rings. The summed E-state index contributed by atoms with van der Waals surface area (Å²) in [5.41, 5.74) is 2.50. The van der Waals surface area contributed by atoms with Gasteiger partial charge in [0.15, 0.2) is 6.29 Å². The van der Waals surface area contributed by atoms with Crippen LogP contribution in [0.3, 0.4) is 0 Å². The molecule has 0 saturated heterocycles. The molecular weight excluding hydrogens is 474 g/mol. The largest absolute Gasteiger partial charge is 0.492 e. The number of aryl methyl sites for hydroxylation is 1. The van der Waals surface area contributed by atoms with E-state index in [-0.39, 0.29) is 13.2 Å². The number of terminal acetylenes is 1. The van der Waals surface area contributed by atoms with E-state index in [0.29, 0.717) is 23.7 Å². The van der Waals surface area contributed by atoms with E-state index in [1.54, 1.807) is 23.1 Å². The van der Waals surface area contributed by atoms with Crippen molar-refractivity contribution in [2.45, 2.75) is 12.6 Å². The van der Waals surface area contributed by atoms with Gasteiger partial charge in [-0.1, -0.05) is 5.92 Å². The van der Waals surface area contributed by atoms with E-state index in [1.807, 2.05) is 43.6 Å². The topological polar surface area (TPSA) is 143 Å². The number of aromatic nitrogens is 4. The van der Waals surface area contributed by atoms with E-state index >= 15 is 0 Å². The van der Waals surface area contributed by atoms with Crippen molar-refractivity contribution in [3.05, 3.63) is 60.6 Å². The van der Waals surface area contributed by atoms with Crippen LogP contribution in [-0.2, 0) is 11.8 Å². The number of nitrogens with zero attached hydrogens (tertiary/aromatic N) is 4. The Morgan fingerprint density at radius 3 is 2.78 bits per heavy atom. The number of ether oxygens (including phenoxy) is 1. The highest BCUT2D eigenvalue weighted by Gasteiger charge is 2.24. The minimum Gasteiger partial charge on any atom is -0.492 e. The molecule has 1 unspecified atom stereocenters. The summed E-state index contributed by atoms with van der Waals surface area (Å²) in [5, 5.41) is 22.2. The zero-order valence-electron chi connectivity index (χ0n) is 20.2. The van der Waals surface area contributed by atoms with Crippen molar-refractivity contribution in [1.29, 1.82) is 0 Å². The Balaban J connectivity index is 1.54. The predicted molar refractivity (Wildman–Crippen MR) is 139 cm³/mol. The zero-order chi connectivity index (χ0) is 26.4. The molecule has 37 heavy (non-hydrogen) atoms. The fraction of sp³-hybridized carbons (Fsp3) is 0.192. The number of nitrogens with one attached hydrogen (secondary N) is 3. The molecule has 0 aliphatic carbocycles. The van der Waals surface area contributed by atoms with Crippen molar-refractivity contribution in [3.63, 3.8) is 0 Å². The van der Waals surface area contributed by atoms with Gasteiger partial charge in [0, 0.05) is 54.3 Å². The lowest BCUT2D eigenvalue weighted by atomic mass is 10.1. The van der Waals surface area contributed by atoms with E-state index in [1.165, 1.54) is 6.92 Å². The van der Waals surface area contributed by atoms with Crippen LogP contribution < -0.4 is 20.7 Å². The van der Waals surface area contributed by atoms with Gasteiger partial charge in [0.1, 0.15) is 18.0 Å². The number of carbonyl (C=O) groups is 2. The van der Waals surface area contributed by atoms with Gasteiger partial charge < -0.3 is 15.2 Å². The minimum absolute atomic E-state index is 0.171. The highest BCUT2D eigenvalue weighted by Crippen LogP contribution is 2.30. The first-order valence-electron chi connectivity index (χ1n) is 11.3. The Bertz CT molecular complexity index is 1490. The Morgan fingerprint density at radius 1 is 1.24 bits per heavy atom. The van der Waals surface area contributed by atoms with Gasteiger partial charge in [-0.2, -0.15) is 5.10 Å². The van der Waals surface area contributed by atoms with Gasteiger partial charge in [0.05, 0.1) is 11.7 Å². The van der Waals surface area contributed by atoms with Gasteiger partial charge in [0.2, 0.25) is 5.95 Å². The summed E-state index contributed by atoms with van der Waals surface area (Å²) < 4.78 is 7.61.